The Balaban J connectivity index is 1.60. The first-order valence-corrected chi connectivity index (χ1v) is 11.8. The van der Waals surface area contributed by atoms with Crippen molar-refractivity contribution in [3.63, 3.8) is 0 Å². The molecule has 1 heterocycles. The summed E-state index contributed by atoms with van der Waals surface area (Å²) >= 11 is 7.61. The number of carbonyl (C=O) groups is 1. The Morgan fingerprint density at radius 1 is 1.24 bits per heavy atom. The molecule has 9 heteroatoms. The van der Waals surface area contributed by atoms with Gasteiger partial charge in [-0.15, -0.1) is 11.3 Å². The molecule has 2 aromatic carbocycles. The highest BCUT2D eigenvalue weighted by molar-refractivity contribution is 7.89. The molecular weight excluding hydrogens is 430 g/mol. The molecule has 1 saturated carbocycles. The molecule has 1 aromatic heterocycles. The summed E-state index contributed by atoms with van der Waals surface area (Å²) in [6.45, 7) is 0. The second-order valence-electron chi connectivity index (χ2n) is 6.92. The van der Waals surface area contributed by atoms with Crippen molar-refractivity contribution in [2.75, 3.05) is 5.32 Å². The molecule has 29 heavy (non-hydrogen) atoms. The number of nitrogens with two attached hydrogens (primary N) is 1. The zero-order valence-electron chi connectivity index (χ0n) is 15.3. The number of aromatic nitrogens is 1. The van der Waals surface area contributed by atoms with Crippen LogP contribution in [0.2, 0.25) is 5.02 Å². The van der Waals surface area contributed by atoms with Gasteiger partial charge in [0.2, 0.25) is 15.9 Å². The monoisotopic (exact) mass is 447 g/mol. The first-order chi connectivity index (χ1) is 13.8. The number of anilines is 1. The van der Waals surface area contributed by atoms with E-state index in [2.05, 4.69) is 10.3 Å². The number of rotatable bonds is 6. The molecule has 150 valence electrons. The van der Waals surface area contributed by atoms with E-state index in [0.29, 0.717) is 33.4 Å². The molecule has 1 aliphatic carbocycles. The molecule has 0 bridgehead atoms. The molecule has 0 unspecified atom stereocenters. The molecule has 1 aliphatic rings. The fourth-order valence-electron chi connectivity index (χ4n) is 3.00. The summed E-state index contributed by atoms with van der Waals surface area (Å²) in [4.78, 5) is 16.9. The highest BCUT2D eigenvalue weighted by Gasteiger charge is 2.27. The van der Waals surface area contributed by atoms with E-state index in [1.54, 1.807) is 36.4 Å². The predicted octanol–water partition coefficient (Wildman–Crippen LogP) is 4.17. The summed E-state index contributed by atoms with van der Waals surface area (Å²) < 4.78 is 24.4. The van der Waals surface area contributed by atoms with Gasteiger partial charge < -0.3 is 5.32 Å². The Bertz CT molecular complexity index is 1190. The van der Waals surface area contributed by atoms with Crippen LogP contribution >= 0.6 is 22.9 Å². The maximum atomic E-state index is 12.4. The predicted molar refractivity (Wildman–Crippen MR) is 115 cm³/mol. The lowest BCUT2D eigenvalue weighted by molar-refractivity contribution is -0.115. The quantitative estimate of drug-likeness (QED) is 0.591. The molecule has 0 aliphatic heterocycles. The van der Waals surface area contributed by atoms with Crippen molar-refractivity contribution < 1.29 is 13.2 Å². The molecule has 1 amide bonds. The van der Waals surface area contributed by atoms with Gasteiger partial charge in [-0.2, -0.15) is 0 Å². The first-order valence-electron chi connectivity index (χ1n) is 8.97. The lowest BCUT2D eigenvalue weighted by Gasteiger charge is -2.11. The van der Waals surface area contributed by atoms with E-state index in [4.69, 9.17) is 16.7 Å². The van der Waals surface area contributed by atoms with Gasteiger partial charge in [0.1, 0.15) is 0 Å². The highest BCUT2D eigenvalue weighted by Crippen LogP contribution is 2.43. The van der Waals surface area contributed by atoms with Crippen molar-refractivity contribution in [1.82, 2.24) is 4.98 Å². The summed E-state index contributed by atoms with van der Waals surface area (Å²) in [5.41, 5.74) is 2.03. The van der Waals surface area contributed by atoms with E-state index >= 15 is 0 Å². The van der Waals surface area contributed by atoms with Crippen LogP contribution in [0.1, 0.15) is 29.3 Å². The number of nitrogens with one attached hydrogen (secondary N) is 1. The second-order valence-corrected chi connectivity index (χ2v) is 9.74. The third-order valence-corrected chi connectivity index (χ3v) is 6.93. The standard InChI is InChI=1S/C20H18ClN3O3S2/c21-16-4-2-1-3-13(16)9-19(25)23-14-7-8-15(18(10-14)29(22,26)27)17-11-28-20(24-17)12-5-6-12/h1-4,7-8,10-12H,5-6,9H2,(H,23,25)(H2,22,26,27). The van der Waals surface area contributed by atoms with E-state index < -0.39 is 10.0 Å². The number of sulfonamides is 1. The van der Waals surface area contributed by atoms with Crippen LogP contribution in [0.4, 0.5) is 5.69 Å². The Kier molecular flexibility index (Phi) is 5.44. The van der Waals surface area contributed by atoms with Gasteiger partial charge in [-0.05, 0) is 42.7 Å². The number of thiazole rings is 1. The van der Waals surface area contributed by atoms with Gasteiger partial charge in [0, 0.05) is 27.6 Å². The first kappa shape index (κ1) is 20.0. The van der Waals surface area contributed by atoms with Crippen molar-refractivity contribution in [3.05, 3.63) is 63.4 Å². The average molecular weight is 448 g/mol. The lowest BCUT2D eigenvalue weighted by Crippen LogP contribution is -2.17. The Morgan fingerprint density at radius 3 is 2.69 bits per heavy atom. The van der Waals surface area contributed by atoms with Crippen LogP contribution in [-0.4, -0.2) is 19.3 Å². The van der Waals surface area contributed by atoms with Crippen LogP contribution < -0.4 is 10.5 Å². The van der Waals surface area contributed by atoms with Gasteiger partial charge in [-0.25, -0.2) is 18.5 Å². The van der Waals surface area contributed by atoms with E-state index in [9.17, 15) is 13.2 Å². The van der Waals surface area contributed by atoms with E-state index in [1.165, 1.54) is 17.4 Å². The normalized spacial score (nSPS) is 14.0. The number of hydrogen-bond donors (Lipinski definition) is 2. The average Bonchev–Trinajstić information content (AvgIpc) is 3.40. The van der Waals surface area contributed by atoms with Gasteiger partial charge in [0.05, 0.1) is 22.0 Å². The summed E-state index contributed by atoms with van der Waals surface area (Å²) in [5.74, 6) is 0.172. The van der Waals surface area contributed by atoms with Crippen LogP contribution in [0.3, 0.4) is 0 Å². The smallest absolute Gasteiger partial charge is 0.238 e. The Hall–Kier alpha value is -2.26. The number of nitrogens with zero attached hydrogens (tertiary/aromatic N) is 1. The van der Waals surface area contributed by atoms with Crippen molar-refractivity contribution in [3.8, 4) is 11.3 Å². The number of amides is 1. The molecule has 4 rings (SSSR count). The minimum absolute atomic E-state index is 0.0688. The van der Waals surface area contributed by atoms with Gasteiger partial charge >= 0.3 is 0 Å². The summed E-state index contributed by atoms with van der Waals surface area (Å²) in [7, 11) is -4.01. The molecular formula is C20H18ClN3O3S2. The Labute approximate surface area is 177 Å². The van der Waals surface area contributed by atoms with Crippen LogP contribution in [0.25, 0.3) is 11.3 Å². The zero-order chi connectivity index (χ0) is 20.6. The minimum Gasteiger partial charge on any atom is -0.326 e. The van der Waals surface area contributed by atoms with E-state index in [1.807, 2.05) is 5.38 Å². The van der Waals surface area contributed by atoms with Crippen LogP contribution in [-0.2, 0) is 21.2 Å². The maximum absolute atomic E-state index is 12.4. The largest absolute Gasteiger partial charge is 0.326 e. The fraction of sp³-hybridized carbons (Fsp3) is 0.200. The van der Waals surface area contributed by atoms with Gasteiger partial charge in [-0.3, -0.25) is 4.79 Å². The van der Waals surface area contributed by atoms with Crippen LogP contribution in [0, 0.1) is 0 Å². The third kappa shape index (κ3) is 4.67. The summed E-state index contributed by atoms with van der Waals surface area (Å²) in [5, 5.41) is 11.5. The van der Waals surface area contributed by atoms with E-state index in [0.717, 1.165) is 17.8 Å². The summed E-state index contributed by atoms with van der Waals surface area (Å²) in [6.07, 6.45) is 2.31. The number of primary sulfonamides is 1. The van der Waals surface area contributed by atoms with Gasteiger partial charge in [0.25, 0.3) is 0 Å². The lowest BCUT2D eigenvalue weighted by atomic mass is 10.1. The number of benzene rings is 2. The van der Waals surface area contributed by atoms with Crippen molar-refractivity contribution >= 4 is 44.6 Å². The zero-order valence-corrected chi connectivity index (χ0v) is 17.7. The molecule has 0 spiro atoms. The molecule has 1 fully saturated rings. The molecule has 3 aromatic rings. The molecule has 0 radical (unpaired) electrons. The SMILES string of the molecule is NS(=O)(=O)c1cc(NC(=O)Cc2ccccc2Cl)ccc1-c1csc(C2CC2)n1. The summed E-state index contributed by atoms with van der Waals surface area (Å²) in [6, 6.07) is 11.7. The molecule has 0 atom stereocenters. The maximum Gasteiger partial charge on any atom is 0.238 e. The molecule has 0 saturated heterocycles. The number of halogens is 1. The van der Waals surface area contributed by atoms with Crippen LogP contribution in [0.15, 0.2) is 52.7 Å². The van der Waals surface area contributed by atoms with Crippen LogP contribution in [0.5, 0.6) is 0 Å². The molecule has 3 N–H and O–H groups in total. The van der Waals surface area contributed by atoms with Crippen molar-refractivity contribution in [1.29, 1.82) is 0 Å². The third-order valence-electron chi connectivity index (χ3n) is 4.61. The van der Waals surface area contributed by atoms with Gasteiger partial charge in [0.15, 0.2) is 0 Å². The Morgan fingerprint density at radius 2 is 2.00 bits per heavy atom. The highest BCUT2D eigenvalue weighted by atomic mass is 35.5. The fourth-order valence-corrected chi connectivity index (χ4v) is 4.96. The molecule has 6 nitrogen and oxygen atoms in total. The topological polar surface area (TPSA) is 102 Å². The van der Waals surface area contributed by atoms with E-state index in [-0.39, 0.29) is 17.2 Å². The van der Waals surface area contributed by atoms with Crippen molar-refractivity contribution in [2.24, 2.45) is 5.14 Å². The number of carbonyl (C=O) groups excluding carboxylic acids is 1. The second kappa shape index (κ2) is 7.87. The minimum atomic E-state index is -4.01. The van der Waals surface area contributed by atoms with Gasteiger partial charge in [-0.1, -0.05) is 29.8 Å². The number of hydrogen-bond acceptors (Lipinski definition) is 5. The van der Waals surface area contributed by atoms with Crippen molar-refractivity contribution in [2.45, 2.75) is 30.1 Å².